The fourth-order valence-corrected chi connectivity index (χ4v) is 2.95. The maximum absolute atomic E-state index is 14.3. The van der Waals surface area contributed by atoms with Gasteiger partial charge >= 0.3 is 6.03 Å². The molecule has 1 aromatic carbocycles. The molecule has 1 heterocycles. The van der Waals surface area contributed by atoms with Gasteiger partial charge in [-0.1, -0.05) is 13.0 Å². The molecule has 1 atom stereocenters. The Bertz CT molecular complexity index is 720. The van der Waals surface area contributed by atoms with Crippen molar-refractivity contribution in [3.05, 3.63) is 29.6 Å². The van der Waals surface area contributed by atoms with Gasteiger partial charge < -0.3 is 25.8 Å². The first-order valence-corrected chi connectivity index (χ1v) is 9.37. The summed E-state index contributed by atoms with van der Waals surface area (Å²) in [5.41, 5.74) is 0.603. The van der Waals surface area contributed by atoms with Gasteiger partial charge in [-0.25, -0.2) is 9.18 Å². The van der Waals surface area contributed by atoms with Crippen molar-refractivity contribution < 1.29 is 18.8 Å². The molecule has 0 bridgehead atoms. The fraction of sp³-hybridized carbons (Fsp3) is 0.526. The molecule has 3 N–H and O–H groups in total. The summed E-state index contributed by atoms with van der Waals surface area (Å²) in [6, 6.07) is 3.07. The van der Waals surface area contributed by atoms with Gasteiger partial charge in [-0.2, -0.15) is 0 Å². The number of anilines is 1. The Labute approximate surface area is 164 Å². The largest absolute Gasteiger partial charge is 0.344 e. The van der Waals surface area contributed by atoms with E-state index in [-0.39, 0.29) is 30.3 Å². The summed E-state index contributed by atoms with van der Waals surface area (Å²) < 4.78 is 14.3. The molecule has 0 unspecified atom stereocenters. The molecule has 0 aromatic heterocycles. The van der Waals surface area contributed by atoms with Crippen LogP contribution in [0.4, 0.5) is 14.9 Å². The molecular formula is C19H28FN5O3. The Morgan fingerprint density at radius 3 is 2.43 bits per heavy atom. The lowest BCUT2D eigenvalue weighted by molar-refractivity contribution is -0.137. The van der Waals surface area contributed by atoms with Gasteiger partial charge in [0.25, 0.3) is 0 Å². The predicted octanol–water partition coefficient (Wildman–Crippen LogP) is 0.788. The van der Waals surface area contributed by atoms with Crippen LogP contribution >= 0.6 is 0 Å². The van der Waals surface area contributed by atoms with Crippen LogP contribution in [0.3, 0.4) is 0 Å². The molecule has 1 fully saturated rings. The summed E-state index contributed by atoms with van der Waals surface area (Å²) in [6.07, 6.45) is 0.434. The van der Waals surface area contributed by atoms with E-state index in [0.717, 1.165) is 13.1 Å². The van der Waals surface area contributed by atoms with Gasteiger partial charge in [0, 0.05) is 46.1 Å². The van der Waals surface area contributed by atoms with Crippen molar-refractivity contribution in [2.75, 3.05) is 45.6 Å². The molecule has 1 aromatic rings. The highest BCUT2D eigenvalue weighted by atomic mass is 19.1. The van der Waals surface area contributed by atoms with E-state index in [1.165, 1.54) is 19.2 Å². The number of hydrogen-bond donors (Lipinski definition) is 3. The Morgan fingerprint density at radius 2 is 1.86 bits per heavy atom. The average Bonchev–Trinajstić information content (AvgIpc) is 2.69. The molecule has 4 amide bonds. The van der Waals surface area contributed by atoms with E-state index in [4.69, 9.17) is 0 Å². The van der Waals surface area contributed by atoms with E-state index in [2.05, 4.69) is 20.9 Å². The van der Waals surface area contributed by atoms with Crippen LogP contribution in [0.5, 0.6) is 0 Å². The molecular weight excluding hydrogens is 365 g/mol. The van der Waals surface area contributed by atoms with E-state index in [0.29, 0.717) is 18.7 Å². The lowest BCUT2D eigenvalue weighted by Crippen LogP contribution is -2.54. The van der Waals surface area contributed by atoms with Crippen molar-refractivity contribution in [1.82, 2.24) is 20.4 Å². The zero-order valence-electron chi connectivity index (χ0n) is 16.5. The second-order valence-electron chi connectivity index (χ2n) is 6.82. The molecule has 2 rings (SSSR count). The number of likely N-dealkylation sites (N-methyl/N-ethyl adjacent to an activating group) is 1. The number of benzene rings is 1. The van der Waals surface area contributed by atoms with Gasteiger partial charge in [-0.15, -0.1) is 0 Å². The molecule has 0 saturated carbocycles. The van der Waals surface area contributed by atoms with Crippen LogP contribution in [0, 0.1) is 5.82 Å². The molecule has 1 aliphatic heterocycles. The standard InChI is InChI=1S/C19H28FN5O3/c1-4-17(26)22-16(18(27)25-9-7-24(3)8-10-25)12-13-5-6-15(14(20)11-13)23-19(28)21-2/h5-6,11,16H,4,7-10,12H2,1-3H3,(H,22,26)(H2,21,23,28)/t16-/m1/s1. The van der Waals surface area contributed by atoms with Gasteiger partial charge in [0.15, 0.2) is 0 Å². The summed E-state index contributed by atoms with van der Waals surface area (Å²) in [5.74, 6) is -0.998. The highest BCUT2D eigenvalue weighted by molar-refractivity contribution is 5.89. The molecule has 1 aliphatic rings. The Morgan fingerprint density at radius 1 is 1.18 bits per heavy atom. The first-order valence-electron chi connectivity index (χ1n) is 9.37. The number of nitrogens with zero attached hydrogens (tertiary/aromatic N) is 2. The molecule has 1 saturated heterocycles. The highest BCUT2D eigenvalue weighted by Crippen LogP contribution is 2.17. The van der Waals surface area contributed by atoms with Crippen LogP contribution < -0.4 is 16.0 Å². The lowest BCUT2D eigenvalue weighted by atomic mass is 10.0. The fourth-order valence-electron chi connectivity index (χ4n) is 2.95. The number of rotatable bonds is 6. The van der Waals surface area contributed by atoms with Crippen molar-refractivity contribution in [2.45, 2.75) is 25.8 Å². The number of amides is 4. The Hall–Kier alpha value is -2.68. The number of nitrogens with one attached hydrogen (secondary N) is 3. The van der Waals surface area contributed by atoms with E-state index in [9.17, 15) is 18.8 Å². The summed E-state index contributed by atoms with van der Waals surface area (Å²) in [7, 11) is 3.43. The van der Waals surface area contributed by atoms with Crippen molar-refractivity contribution in [3.8, 4) is 0 Å². The minimum atomic E-state index is -0.756. The predicted molar refractivity (Wildman–Crippen MR) is 104 cm³/mol. The molecule has 154 valence electrons. The third kappa shape index (κ3) is 5.91. The summed E-state index contributed by atoms with van der Waals surface area (Å²) in [5, 5.41) is 7.49. The first kappa shape index (κ1) is 21.6. The number of urea groups is 1. The van der Waals surface area contributed by atoms with Crippen LogP contribution in [0.1, 0.15) is 18.9 Å². The normalized spacial score (nSPS) is 15.6. The van der Waals surface area contributed by atoms with Gasteiger partial charge in [-0.05, 0) is 24.7 Å². The monoisotopic (exact) mass is 393 g/mol. The van der Waals surface area contributed by atoms with Gasteiger partial charge in [-0.3, -0.25) is 9.59 Å². The minimum Gasteiger partial charge on any atom is -0.344 e. The Balaban J connectivity index is 2.13. The van der Waals surface area contributed by atoms with Crippen molar-refractivity contribution in [3.63, 3.8) is 0 Å². The number of hydrogen-bond acceptors (Lipinski definition) is 4. The average molecular weight is 393 g/mol. The van der Waals surface area contributed by atoms with Crippen molar-refractivity contribution in [2.24, 2.45) is 0 Å². The molecule has 9 heteroatoms. The maximum atomic E-state index is 14.3. The highest BCUT2D eigenvalue weighted by Gasteiger charge is 2.28. The third-order valence-corrected chi connectivity index (χ3v) is 4.72. The van der Waals surface area contributed by atoms with E-state index < -0.39 is 17.9 Å². The second kappa shape index (κ2) is 10.0. The van der Waals surface area contributed by atoms with E-state index in [1.807, 2.05) is 7.05 Å². The van der Waals surface area contributed by atoms with Gasteiger partial charge in [0.1, 0.15) is 11.9 Å². The molecule has 0 spiro atoms. The first-order chi connectivity index (χ1) is 13.3. The number of carbonyl (C=O) groups is 3. The number of carbonyl (C=O) groups excluding carboxylic acids is 3. The molecule has 0 radical (unpaired) electrons. The van der Waals surface area contributed by atoms with Crippen LogP contribution in [0.25, 0.3) is 0 Å². The van der Waals surface area contributed by atoms with Crippen LogP contribution in [0.15, 0.2) is 18.2 Å². The molecule has 0 aliphatic carbocycles. The van der Waals surface area contributed by atoms with Gasteiger partial charge in [0.05, 0.1) is 5.69 Å². The van der Waals surface area contributed by atoms with Crippen LogP contribution in [-0.4, -0.2) is 74.0 Å². The smallest absolute Gasteiger partial charge is 0.319 e. The number of piperazine rings is 1. The summed E-state index contributed by atoms with van der Waals surface area (Å²) >= 11 is 0. The lowest BCUT2D eigenvalue weighted by Gasteiger charge is -2.34. The van der Waals surface area contributed by atoms with Crippen LogP contribution in [0.2, 0.25) is 0 Å². The minimum absolute atomic E-state index is 0.0441. The molecule has 8 nitrogen and oxygen atoms in total. The zero-order chi connectivity index (χ0) is 20.7. The second-order valence-corrected chi connectivity index (χ2v) is 6.82. The van der Waals surface area contributed by atoms with Crippen molar-refractivity contribution >= 4 is 23.5 Å². The molecule has 28 heavy (non-hydrogen) atoms. The van der Waals surface area contributed by atoms with E-state index in [1.54, 1.807) is 17.9 Å². The van der Waals surface area contributed by atoms with Gasteiger partial charge in [0.2, 0.25) is 11.8 Å². The quantitative estimate of drug-likeness (QED) is 0.666. The maximum Gasteiger partial charge on any atom is 0.319 e. The van der Waals surface area contributed by atoms with Crippen molar-refractivity contribution in [1.29, 1.82) is 0 Å². The third-order valence-electron chi connectivity index (χ3n) is 4.72. The zero-order valence-corrected chi connectivity index (χ0v) is 16.5. The topological polar surface area (TPSA) is 93.8 Å². The number of halogens is 1. The SMILES string of the molecule is CCC(=O)N[C@H](Cc1ccc(NC(=O)NC)c(F)c1)C(=O)N1CCN(C)CC1. The summed E-state index contributed by atoms with van der Waals surface area (Å²) in [6.45, 7) is 4.45. The van der Waals surface area contributed by atoms with E-state index >= 15 is 0 Å². The summed E-state index contributed by atoms with van der Waals surface area (Å²) in [4.78, 5) is 40.1. The Kier molecular flexibility index (Phi) is 7.74. The van der Waals surface area contributed by atoms with Crippen LogP contribution in [-0.2, 0) is 16.0 Å².